The molecule has 0 saturated carbocycles. The lowest BCUT2D eigenvalue weighted by Crippen LogP contribution is -2.45. The van der Waals surface area contributed by atoms with E-state index in [-0.39, 0.29) is 5.97 Å². The van der Waals surface area contributed by atoms with Crippen molar-refractivity contribution in [3.63, 3.8) is 0 Å². The third-order valence-corrected chi connectivity index (χ3v) is 3.22. The number of hydrogen-bond donors (Lipinski definition) is 0. The summed E-state index contributed by atoms with van der Waals surface area (Å²) in [7, 11) is 0. The van der Waals surface area contributed by atoms with Gasteiger partial charge in [-0.2, -0.15) is 0 Å². The van der Waals surface area contributed by atoms with Crippen LogP contribution in [0.4, 0.5) is 0 Å². The summed E-state index contributed by atoms with van der Waals surface area (Å²) in [5.41, 5.74) is 0.498. The van der Waals surface area contributed by atoms with Gasteiger partial charge in [-0.15, -0.1) is 0 Å². The van der Waals surface area contributed by atoms with Crippen LogP contribution in [-0.4, -0.2) is 29.7 Å². The highest BCUT2D eigenvalue weighted by Crippen LogP contribution is 2.37. The Hall–Kier alpha value is -0.830. The van der Waals surface area contributed by atoms with Gasteiger partial charge in [0, 0.05) is 13.0 Å². The monoisotopic (exact) mass is 195 g/mol. The molecule has 2 aliphatic heterocycles. The summed E-state index contributed by atoms with van der Waals surface area (Å²) in [6.07, 6.45) is 4.42. The number of carbonyl (C=O) groups is 1. The molecule has 0 aromatic rings. The maximum absolute atomic E-state index is 11.3. The fourth-order valence-corrected chi connectivity index (χ4v) is 2.45. The Kier molecular flexibility index (Phi) is 2.35. The summed E-state index contributed by atoms with van der Waals surface area (Å²) >= 11 is 0. The molecule has 0 spiro atoms. The topological polar surface area (TPSA) is 29.5 Å². The molecular weight excluding hydrogens is 178 g/mol. The number of fused-ring (bicyclic) bond motifs is 1. The van der Waals surface area contributed by atoms with Crippen LogP contribution in [0.25, 0.3) is 0 Å². The highest BCUT2D eigenvalue weighted by atomic mass is 16.6. The van der Waals surface area contributed by atoms with E-state index in [4.69, 9.17) is 4.74 Å². The minimum atomic E-state index is -0.465. The predicted molar refractivity (Wildman–Crippen MR) is 53.7 cm³/mol. The second kappa shape index (κ2) is 3.39. The zero-order valence-corrected chi connectivity index (χ0v) is 8.71. The second-order valence-electron chi connectivity index (χ2n) is 4.27. The van der Waals surface area contributed by atoms with Crippen LogP contribution in [0.15, 0.2) is 12.2 Å². The number of rotatable bonds is 1. The summed E-state index contributed by atoms with van der Waals surface area (Å²) < 4.78 is 5.48. The lowest BCUT2D eigenvalue weighted by Gasteiger charge is -2.34. The molecule has 0 bridgehead atoms. The first kappa shape index (κ1) is 9.71. The molecule has 3 nitrogen and oxygen atoms in total. The van der Waals surface area contributed by atoms with Gasteiger partial charge in [0.05, 0.1) is 0 Å². The van der Waals surface area contributed by atoms with E-state index >= 15 is 0 Å². The van der Waals surface area contributed by atoms with Crippen molar-refractivity contribution in [2.75, 3.05) is 13.1 Å². The molecule has 1 unspecified atom stereocenters. The number of nitrogens with zero attached hydrogens (tertiary/aromatic N) is 1. The highest BCUT2D eigenvalue weighted by molar-refractivity contribution is 5.75. The molecule has 78 valence electrons. The van der Waals surface area contributed by atoms with Crippen LogP contribution in [-0.2, 0) is 9.53 Å². The van der Waals surface area contributed by atoms with E-state index in [1.807, 2.05) is 6.92 Å². The fraction of sp³-hybridized carbons (Fsp3) is 0.727. The van der Waals surface area contributed by atoms with Gasteiger partial charge in [-0.25, -0.2) is 0 Å². The molecule has 3 heteroatoms. The van der Waals surface area contributed by atoms with Crippen molar-refractivity contribution in [3.8, 4) is 0 Å². The van der Waals surface area contributed by atoms with Crippen molar-refractivity contribution in [1.29, 1.82) is 0 Å². The van der Waals surface area contributed by atoms with E-state index in [9.17, 15) is 4.79 Å². The largest absolute Gasteiger partial charge is 0.439 e. The molecule has 0 aliphatic carbocycles. The molecule has 0 aromatic carbocycles. The highest BCUT2D eigenvalue weighted by Gasteiger charge is 2.47. The Labute approximate surface area is 84.7 Å². The molecule has 14 heavy (non-hydrogen) atoms. The van der Waals surface area contributed by atoms with Crippen molar-refractivity contribution in [1.82, 2.24) is 4.90 Å². The van der Waals surface area contributed by atoms with Gasteiger partial charge in [0.1, 0.15) is 6.54 Å². The van der Waals surface area contributed by atoms with Crippen LogP contribution in [0.3, 0.4) is 0 Å². The van der Waals surface area contributed by atoms with E-state index in [0.29, 0.717) is 6.54 Å². The van der Waals surface area contributed by atoms with Crippen LogP contribution in [0.5, 0.6) is 0 Å². The predicted octanol–water partition coefficient (Wildman–Crippen LogP) is 1.69. The van der Waals surface area contributed by atoms with Crippen molar-refractivity contribution in [2.45, 2.75) is 38.3 Å². The Morgan fingerprint density at radius 2 is 2.29 bits per heavy atom. The first-order valence-electron chi connectivity index (χ1n) is 5.28. The summed E-state index contributed by atoms with van der Waals surface area (Å²) in [6.45, 7) is 7.32. The van der Waals surface area contributed by atoms with Crippen LogP contribution in [0, 0.1) is 0 Å². The SMILES string of the molecule is C=C(C)C12CCCCCN1CC(=O)O2. The van der Waals surface area contributed by atoms with Crippen LogP contribution < -0.4 is 0 Å². The molecule has 0 amide bonds. The van der Waals surface area contributed by atoms with E-state index < -0.39 is 5.72 Å². The first-order chi connectivity index (χ1) is 6.65. The van der Waals surface area contributed by atoms with Crippen LogP contribution in [0.1, 0.15) is 32.6 Å². The van der Waals surface area contributed by atoms with E-state index in [1.165, 1.54) is 6.42 Å². The summed E-state index contributed by atoms with van der Waals surface area (Å²) in [5, 5.41) is 0. The Morgan fingerprint density at radius 3 is 3.00 bits per heavy atom. The molecule has 0 N–H and O–H groups in total. The summed E-state index contributed by atoms with van der Waals surface area (Å²) in [5.74, 6) is -0.102. The second-order valence-corrected chi connectivity index (χ2v) is 4.27. The van der Waals surface area contributed by atoms with Gasteiger partial charge in [-0.3, -0.25) is 9.69 Å². The van der Waals surface area contributed by atoms with Crippen molar-refractivity contribution >= 4 is 5.97 Å². The molecule has 2 rings (SSSR count). The number of esters is 1. The number of hydrogen-bond acceptors (Lipinski definition) is 3. The van der Waals surface area contributed by atoms with Gasteiger partial charge in [0.25, 0.3) is 0 Å². The van der Waals surface area contributed by atoms with Crippen molar-refractivity contribution in [3.05, 3.63) is 12.2 Å². The van der Waals surface area contributed by atoms with Crippen molar-refractivity contribution in [2.24, 2.45) is 0 Å². The molecule has 2 saturated heterocycles. The van der Waals surface area contributed by atoms with E-state index in [2.05, 4.69) is 11.5 Å². The maximum Gasteiger partial charge on any atom is 0.322 e. The lowest BCUT2D eigenvalue weighted by atomic mass is 9.99. The third kappa shape index (κ3) is 1.36. The van der Waals surface area contributed by atoms with Gasteiger partial charge in [-0.05, 0) is 25.3 Å². The fourth-order valence-electron chi connectivity index (χ4n) is 2.45. The quantitative estimate of drug-likeness (QED) is 0.471. The molecule has 0 radical (unpaired) electrons. The van der Waals surface area contributed by atoms with Crippen molar-refractivity contribution < 1.29 is 9.53 Å². The molecular formula is C11H17NO2. The van der Waals surface area contributed by atoms with Gasteiger partial charge in [-0.1, -0.05) is 13.0 Å². The molecule has 2 fully saturated rings. The Balaban J connectivity index is 2.29. The zero-order valence-electron chi connectivity index (χ0n) is 8.71. The number of carbonyl (C=O) groups excluding carboxylic acids is 1. The van der Waals surface area contributed by atoms with Gasteiger partial charge in [0.2, 0.25) is 0 Å². The minimum absolute atomic E-state index is 0.102. The lowest BCUT2D eigenvalue weighted by molar-refractivity contribution is -0.149. The smallest absolute Gasteiger partial charge is 0.322 e. The van der Waals surface area contributed by atoms with Crippen LogP contribution in [0.2, 0.25) is 0 Å². The zero-order chi connectivity index (χ0) is 10.2. The molecule has 1 atom stereocenters. The molecule has 2 heterocycles. The standard InChI is InChI=1S/C11H17NO2/c1-9(2)11-6-4-3-5-7-12(11)8-10(13)14-11/h1,3-8H2,2H3. The summed E-state index contributed by atoms with van der Waals surface area (Å²) in [6, 6.07) is 0. The van der Waals surface area contributed by atoms with E-state index in [0.717, 1.165) is 31.4 Å². The first-order valence-corrected chi connectivity index (χ1v) is 5.28. The average molecular weight is 195 g/mol. The summed E-state index contributed by atoms with van der Waals surface area (Å²) in [4.78, 5) is 13.5. The molecule has 0 aromatic heterocycles. The van der Waals surface area contributed by atoms with Gasteiger partial charge in [0.15, 0.2) is 5.72 Å². The Morgan fingerprint density at radius 1 is 1.50 bits per heavy atom. The Bertz CT molecular complexity index is 274. The van der Waals surface area contributed by atoms with Crippen LogP contribution >= 0.6 is 0 Å². The molecule has 2 aliphatic rings. The van der Waals surface area contributed by atoms with Gasteiger partial charge >= 0.3 is 5.97 Å². The van der Waals surface area contributed by atoms with E-state index in [1.54, 1.807) is 0 Å². The average Bonchev–Trinajstić information content (AvgIpc) is 2.30. The number of ether oxygens (including phenoxy) is 1. The third-order valence-electron chi connectivity index (χ3n) is 3.22. The maximum atomic E-state index is 11.3. The minimum Gasteiger partial charge on any atom is -0.439 e. The normalized spacial score (nSPS) is 33.4. The van der Waals surface area contributed by atoms with Gasteiger partial charge < -0.3 is 4.74 Å².